The number of nitrogens with one attached hydrogen (secondary N) is 1. The normalized spacial score (nSPS) is 13.3. The van der Waals surface area contributed by atoms with Crippen LogP contribution in [0.2, 0.25) is 0 Å². The summed E-state index contributed by atoms with van der Waals surface area (Å²) in [5.74, 6) is -3.28. The number of hydrogen-bond acceptors (Lipinski definition) is 4. The van der Waals surface area contributed by atoms with Gasteiger partial charge in [-0.2, -0.15) is 0 Å². The maximum atomic E-state index is 12.3. The quantitative estimate of drug-likeness (QED) is 0.623. The molecule has 7 heteroatoms. The molecule has 1 unspecified atom stereocenters. The molecule has 0 fully saturated rings. The predicted octanol–water partition coefficient (Wildman–Crippen LogP) is 1.45. The van der Waals surface area contributed by atoms with Gasteiger partial charge in [-0.15, -0.1) is 0 Å². The van der Waals surface area contributed by atoms with Crippen LogP contribution < -0.4 is 5.32 Å². The fraction of sp³-hybridized carbons (Fsp3) is 0.733. The standard InChI is InChI=1S/C15H25NO6/c1-14(2,3)13(22)15(4,5)7-6-10(17)16-9(12(20)21)8-11(18)19/h9H,6-8H2,1-5H3,(H,16,17)(H,18,19)(H,20,21). The molecule has 7 nitrogen and oxygen atoms in total. The van der Waals surface area contributed by atoms with Gasteiger partial charge >= 0.3 is 11.9 Å². The molecule has 22 heavy (non-hydrogen) atoms. The molecule has 3 N–H and O–H groups in total. The Hall–Kier alpha value is -1.92. The summed E-state index contributed by atoms with van der Waals surface area (Å²) in [6.45, 7) is 8.86. The zero-order chi connectivity index (χ0) is 17.7. The Bertz CT molecular complexity index is 461. The van der Waals surface area contributed by atoms with Crippen molar-refractivity contribution in [1.82, 2.24) is 5.32 Å². The number of carbonyl (C=O) groups is 4. The third-order valence-electron chi connectivity index (χ3n) is 3.28. The molecule has 0 radical (unpaired) electrons. The first-order valence-corrected chi connectivity index (χ1v) is 7.06. The number of carboxylic acids is 2. The molecule has 0 heterocycles. The molecule has 0 rings (SSSR count). The molecular weight excluding hydrogens is 290 g/mol. The summed E-state index contributed by atoms with van der Waals surface area (Å²) in [5, 5.41) is 19.6. The van der Waals surface area contributed by atoms with Crippen LogP contribution in [0, 0.1) is 10.8 Å². The highest BCUT2D eigenvalue weighted by Crippen LogP contribution is 2.32. The van der Waals surface area contributed by atoms with E-state index in [0.717, 1.165) is 0 Å². The number of hydrogen-bond donors (Lipinski definition) is 3. The van der Waals surface area contributed by atoms with E-state index in [4.69, 9.17) is 10.2 Å². The maximum Gasteiger partial charge on any atom is 0.326 e. The topological polar surface area (TPSA) is 121 Å². The second-order valence-electron chi connectivity index (χ2n) is 7.02. The van der Waals surface area contributed by atoms with Gasteiger partial charge in [-0.1, -0.05) is 34.6 Å². The zero-order valence-corrected chi connectivity index (χ0v) is 13.7. The average Bonchev–Trinajstić information content (AvgIpc) is 2.33. The maximum absolute atomic E-state index is 12.3. The largest absolute Gasteiger partial charge is 0.481 e. The minimum atomic E-state index is -1.47. The van der Waals surface area contributed by atoms with Gasteiger partial charge in [0, 0.05) is 17.3 Å². The molecule has 0 aliphatic rings. The highest BCUT2D eigenvalue weighted by atomic mass is 16.4. The summed E-state index contributed by atoms with van der Waals surface area (Å²) in [4.78, 5) is 45.5. The lowest BCUT2D eigenvalue weighted by atomic mass is 9.72. The summed E-state index contributed by atoms with van der Waals surface area (Å²) in [5.41, 5.74) is -1.26. The highest BCUT2D eigenvalue weighted by Gasteiger charge is 2.36. The van der Waals surface area contributed by atoms with Crippen molar-refractivity contribution in [2.75, 3.05) is 0 Å². The van der Waals surface area contributed by atoms with E-state index in [9.17, 15) is 19.2 Å². The lowest BCUT2D eigenvalue weighted by Gasteiger charge is -2.30. The van der Waals surface area contributed by atoms with Crippen molar-refractivity contribution < 1.29 is 29.4 Å². The summed E-state index contributed by atoms with van der Waals surface area (Å²) in [7, 11) is 0. The molecule has 0 bridgehead atoms. The molecule has 0 spiro atoms. The van der Waals surface area contributed by atoms with Crippen LogP contribution in [-0.4, -0.2) is 39.9 Å². The molecule has 0 aliphatic carbocycles. The van der Waals surface area contributed by atoms with E-state index in [0.29, 0.717) is 0 Å². The van der Waals surface area contributed by atoms with Gasteiger partial charge in [-0.25, -0.2) is 4.79 Å². The summed E-state index contributed by atoms with van der Waals surface area (Å²) < 4.78 is 0. The average molecular weight is 315 g/mol. The van der Waals surface area contributed by atoms with Gasteiger partial charge in [0.05, 0.1) is 6.42 Å². The number of carboxylic acid groups (broad SMARTS) is 2. The van der Waals surface area contributed by atoms with Gasteiger partial charge in [0.25, 0.3) is 0 Å². The van der Waals surface area contributed by atoms with E-state index in [2.05, 4.69) is 5.32 Å². The Morgan fingerprint density at radius 3 is 1.86 bits per heavy atom. The Kier molecular flexibility index (Phi) is 6.73. The zero-order valence-electron chi connectivity index (χ0n) is 13.7. The second kappa shape index (κ2) is 7.38. The summed E-state index contributed by atoms with van der Waals surface area (Å²) in [6.07, 6.45) is -0.474. The van der Waals surface area contributed by atoms with E-state index < -0.39 is 41.1 Å². The van der Waals surface area contributed by atoms with Crippen molar-refractivity contribution >= 4 is 23.6 Å². The predicted molar refractivity (Wildman–Crippen MR) is 79.3 cm³/mol. The highest BCUT2D eigenvalue weighted by molar-refractivity contribution is 5.90. The molecule has 0 saturated heterocycles. The molecule has 1 atom stereocenters. The monoisotopic (exact) mass is 315 g/mol. The first kappa shape index (κ1) is 20.1. The fourth-order valence-electron chi connectivity index (χ4n) is 2.20. The number of rotatable bonds is 8. The van der Waals surface area contributed by atoms with Crippen LogP contribution in [0.25, 0.3) is 0 Å². The summed E-state index contributed by atoms with van der Waals surface area (Å²) in [6, 6.07) is -1.47. The van der Waals surface area contributed by atoms with Crippen molar-refractivity contribution in [2.45, 2.75) is 59.9 Å². The van der Waals surface area contributed by atoms with Crippen molar-refractivity contribution in [3.8, 4) is 0 Å². The van der Waals surface area contributed by atoms with Crippen LogP contribution in [0.3, 0.4) is 0 Å². The molecule has 0 saturated carbocycles. The number of carbonyl (C=O) groups excluding carboxylic acids is 2. The lowest BCUT2D eigenvalue weighted by molar-refractivity contribution is -0.147. The molecule has 0 aliphatic heterocycles. The number of Topliss-reactive ketones (excluding diaryl/α,β-unsaturated/α-hetero) is 1. The van der Waals surface area contributed by atoms with Crippen molar-refractivity contribution in [2.24, 2.45) is 10.8 Å². The van der Waals surface area contributed by atoms with Crippen LogP contribution in [0.4, 0.5) is 0 Å². The van der Waals surface area contributed by atoms with Crippen LogP contribution in [0.1, 0.15) is 53.9 Å². The van der Waals surface area contributed by atoms with Gasteiger partial charge in [0.1, 0.15) is 11.8 Å². The number of amides is 1. The lowest BCUT2D eigenvalue weighted by Crippen LogP contribution is -2.43. The van der Waals surface area contributed by atoms with E-state index in [1.165, 1.54) is 0 Å². The van der Waals surface area contributed by atoms with E-state index in [-0.39, 0.29) is 18.6 Å². The molecule has 1 amide bonds. The third-order valence-corrected chi connectivity index (χ3v) is 3.28. The van der Waals surface area contributed by atoms with Crippen molar-refractivity contribution in [3.63, 3.8) is 0 Å². The van der Waals surface area contributed by atoms with Crippen molar-refractivity contribution in [1.29, 1.82) is 0 Å². The Morgan fingerprint density at radius 1 is 1.00 bits per heavy atom. The minimum absolute atomic E-state index is 0.00752. The van der Waals surface area contributed by atoms with Crippen LogP contribution >= 0.6 is 0 Å². The second-order valence-corrected chi connectivity index (χ2v) is 7.02. The van der Waals surface area contributed by atoms with E-state index >= 15 is 0 Å². The number of ketones is 1. The van der Waals surface area contributed by atoms with E-state index in [1.807, 2.05) is 0 Å². The van der Waals surface area contributed by atoms with Crippen LogP contribution in [-0.2, 0) is 19.2 Å². The molecule has 0 aromatic carbocycles. The Labute approximate surface area is 130 Å². The first-order chi connectivity index (χ1) is 9.77. The number of aliphatic carboxylic acids is 2. The Balaban J connectivity index is 4.64. The van der Waals surface area contributed by atoms with Crippen LogP contribution in [0.5, 0.6) is 0 Å². The van der Waals surface area contributed by atoms with Gasteiger partial charge in [0.2, 0.25) is 5.91 Å². The van der Waals surface area contributed by atoms with E-state index in [1.54, 1.807) is 34.6 Å². The fourth-order valence-corrected chi connectivity index (χ4v) is 2.20. The molecule has 126 valence electrons. The Morgan fingerprint density at radius 2 is 1.50 bits per heavy atom. The minimum Gasteiger partial charge on any atom is -0.481 e. The van der Waals surface area contributed by atoms with Gasteiger partial charge < -0.3 is 15.5 Å². The molecule has 0 aromatic rings. The van der Waals surface area contributed by atoms with Gasteiger partial charge in [0.15, 0.2) is 0 Å². The molecular formula is C15H25NO6. The SMILES string of the molecule is CC(C)(C)C(=O)C(C)(C)CCC(=O)NC(CC(=O)O)C(=O)O. The van der Waals surface area contributed by atoms with Gasteiger partial charge in [-0.3, -0.25) is 14.4 Å². The smallest absolute Gasteiger partial charge is 0.326 e. The first-order valence-electron chi connectivity index (χ1n) is 7.06. The molecule has 0 aromatic heterocycles. The van der Waals surface area contributed by atoms with Crippen LogP contribution in [0.15, 0.2) is 0 Å². The van der Waals surface area contributed by atoms with Crippen molar-refractivity contribution in [3.05, 3.63) is 0 Å². The van der Waals surface area contributed by atoms with Gasteiger partial charge in [-0.05, 0) is 6.42 Å². The summed E-state index contributed by atoms with van der Waals surface area (Å²) >= 11 is 0. The third kappa shape index (κ3) is 6.69.